The molecule has 1 aromatic heterocycles. The molecule has 0 unspecified atom stereocenters. The van der Waals surface area contributed by atoms with Gasteiger partial charge in [-0.3, -0.25) is 9.59 Å². The minimum Gasteiger partial charge on any atom is -0.476 e. The zero-order chi connectivity index (χ0) is 27.6. The van der Waals surface area contributed by atoms with Crippen LogP contribution < -0.4 is 15.5 Å². The van der Waals surface area contributed by atoms with Gasteiger partial charge >= 0.3 is 0 Å². The van der Waals surface area contributed by atoms with Crippen molar-refractivity contribution in [3.8, 4) is 17.1 Å². The number of nitrogens with one attached hydrogen (secondary N) is 1. The van der Waals surface area contributed by atoms with Crippen LogP contribution in [-0.2, 0) is 19.6 Å². The van der Waals surface area contributed by atoms with Gasteiger partial charge in [0.25, 0.3) is 5.91 Å². The highest BCUT2D eigenvalue weighted by Gasteiger charge is 2.26. The highest BCUT2D eigenvalue weighted by atomic mass is 35.5. The normalized spacial score (nSPS) is 14.3. The van der Waals surface area contributed by atoms with Crippen molar-refractivity contribution >= 4 is 55.8 Å². The second-order valence-corrected chi connectivity index (χ2v) is 11.4. The number of carbonyl (C=O) groups is 1. The summed E-state index contributed by atoms with van der Waals surface area (Å²) in [5, 5.41) is 3.49. The fourth-order valence-corrected chi connectivity index (χ4v) is 5.89. The van der Waals surface area contributed by atoms with E-state index in [0.717, 1.165) is 0 Å². The molecule has 3 aromatic carbocycles. The number of rotatable bonds is 7. The first-order valence-electron chi connectivity index (χ1n) is 11.9. The summed E-state index contributed by atoms with van der Waals surface area (Å²) < 4.78 is 43.8. The lowest BCUT2D eigenvalue weighted by atomic mass is 10.1. The summed E-state index contributed by atoms with van der Waals surface area (Å²) in [4.78, 5) is 26.1. The van der Waals surface area contributed by atoms with E-state index in [9.17, 15) is 18.0 Å². The number of carbonyl (C=O) groups excluding carboxylic acids is 1. The van der Waals surface area contributed by atoms with Crippen LogP contribution in [0.15, 0.2) is 80.8 Å². The van der Waals surface area contributed by atoms with Gasteiger partial charge in [-0.1, -0.05) is 35.3 Å². The lowest BCUT2D eigenvalue weighted by Crippen LogP contribution is -2.40. The van der Waals surface area contributed by atoms with Crippen LogP contribution in [0.5, 0.6) is 5.75 Å². The molecule has 1 amide bonds. The summed E-state index contributed by atoms with van der Waals surface area (Å²) in [6, 6.07) is 17.2. The summed E-state index contributed by atoms with van der Waals surface area (Å²) in [7, 11) is -3.66. The summed E-state index contributed by atoms with van der Waals surface area (Å²) in [6.07, 6.45) is 0. The summed E-state index contributed by atoms with van der Waals surface area (Å²) in [6.45, 7) is 0.719. The number of fused-ring (bicyclic) bond motifs is 1. The molecule has 0 spiro atoms. The van der Waals surface area contributed by atoms with E-state index in [-0.39, 0.29) is 40.5 Å². The number of anilines is 1. The van der Waals surface area contributed by atoms with Crippen LogP contribution >= 0.6 is 23.2 Å². The van der Waals surface area contributed by atoms with Crippen LogP contribution in [0.3, 0.4) is 0 Å². The molecule has 0 aliphatic carbocycles. The van der Waals surface area contributed by atoms with Gasteiger partial charge in [-0.15, -0.1) is 0 Å². The van der Waals surface area contributed by atoms with Crippen LogP contribution in [0.2, 0.25) is 10.0 Å². The van der Waals surface area contributed by atoms with E-state index >= 15 is 0 Å². The number of benzene rings is 3. The van der Waals surface area contributed by atoms with Crippen molar-refractivity contribution in [3.63, 3.8) is 0 Å². The third kappa shape index (κ3) is 5.80. The fourth-order valence-electron chi connectivity index (χ4n) is 4.09. The third-order valence-corrected chi connectivity index (χ3v) is 8.50. The Bertz CT molecular complexity index is 1700. The van der Waals surface area contributed by atoms with E-state index in [1.54, 1.807) is 36.4 Å². The van der Waals surface area contributed by atoms with Crippen molar-refractivity contribution < 1.29 is 27.1 Å². The Morgan fingerprint density at radius 2 is 1.72 bits per heavy atom. The Hall–Kier alpha value is -3.41. The number of hydrogen-bond acceptors (Lipinski definition) is 7. The molecule has 0 saturated carbocycles. The predicted octanol–water partition coefficient (Wildman–Crippen LogP) is 4.81. The maximum atomic E-state index is 13.3. The van der Waals surface area contributed by atoms with Gasteiger partial charge < -0.3 is 19.2 Å². The molecule has 1 aliphatic heterocycles. The van der Waals surface area contributed by atoms with Gasteiger partial charge in [0.2, 0.25) is 21.2 Å². The van der Waals surface area contributed by atoms with E-state index in [2.05, 4.69) is 5.32 Å². The Labute approximate surface area is 233 Å². The largest absolute Gasteiger partial charge is 0.476 e. The zero-order valence-corrected chi connectivity index (χ0v) is 22.7. The molecule has 0 bridgehead atoms. The number of nitrogens with zero attached hydrogens (tertiary/aromatic N) is 1. The lowest BCUT2D eigenvalue weighted by Gasteiger charge is -2.26. The van der Waals surface area contributed by atoms with Gasteiger partial charge in [-0.2, -0.15) is 4.31 Å². The van der Waals surface area contributed by atoms with Crippen molar-refractivity contribution in [2.75, 3.05) is 38.2 Å². The Kier molecular flexibility index (Phi) is 7.92. The standard InChI is InChI=1S/C27H22Cl2N2O7S/c28-17-5-10-23-21(15-17)25(33)27(26(38-23)20-3-1-2-4-22(20)29)37-16-24(32)30-18-6-8-19(9-7-18)39(34,35)31-11-13-36-14-12-31/h1-10,15H,11-14,16H2,(H,30,32). The van der Waals surface area contributed by atoms with Gasteiger partial charge in [0, 0.05) is 29.4 Å². The first-order chi connectivity index (χ1) is 18.7. The molecule has 1 saturated heterocycles. The molecule has 1 fully saturated rings. The van der Waals surface area contributed by atoms with Crippen molar-refractivity contribution in [2.45, 2.75) is 4.90 Å². The van der Waals surface area contributed by atoms with Gasteiger partial charge in [-0.05, 0) is 54.6 Å². The Balaban J connectivity index is 1.36. The SMILES string of the molecule is O=C(COc1c(-c2ccccc2Cl)oc2ccc(Cl)cc2c1=O)Nc1ccc(S(=O)(=O)N2CCOCC2)cc1. The van der Waals surface area contributed by atoms with Crippen LogP contribution in [-0.4, -0.2) is 51.5 Å². The molecule has 2 heterocycles. The maximum absolute atomic E-state index is 13.3. The van der Waals surface area contributed by atoms with Gasteiger partial charge in [0.1, 0.15) is 5.58 Å². The first kappa shape index (κ1) is 27.2. The van der Waals surface area contributed by atoms with E-state index in [1.165, 1.54) is 34.6 Å². The number of ether oxygens (including phenoxy) is 2. The van der Waals surface area contributed by atoms with Crippen LogP contribution in [0.4, 0.5) is 5.69 Å². The average molecular weight is 589 g/mol. The Morgan fingerprint density at radius 3 is 2.44 bits per heavy atom. The predicted molar refractivity (Wildman–Crippen MR) is 148 cm³/mol. The monoisotopic (exact) mass is 588 g/mol. The molecular formula is C27H22Cl2N2O7S. The molecule has 9 nitrogen and oxygen atoms in total. The number of morpholine rings is 1. The first-order valence-corrected chi connectivity index (χ1v) is 14.1. The van der Waals surface area contributed by atoms with Crippen molar-refractivity contribution in [1.82, 2.24) is 4.31 Å². The molecule has 5 rings (SSSR count). The zero-order valence-electron chi connectivity index (χ0n) is 20.4. The molecule has 0 radical (unpaired) electrons. The minimum absolute atomic E-state index is 0.0749. The van der Waals surface area contributed by atoms with Gasteiger partial charge in [-0.25, -0.2) is 8.42 Å². The molecule has 1 aliphatic rings. The van der Waals surface area contributed by atoms with Crippen LogP contribution in [0.1, 0.15) is 0 Å². The minimum atomic E-state index is -3.66. The van der Waals surface area contributed by atoms with Crippen molar-refractivity contribution in [2.24, 2.45) is 0 Å². The maximum Gasteiger partial charge on any atom is 0.262 e. The summed E-state index contributed by atoms with van der Waals surface area (Å²) >= 11 is 12.4. The topological polar surface area (TPSA) is 115 Å². The average Bonchev–Trinajstić information content (AvgIpc) is 2.94. The summed E-state index contributed by atoms with van der Waals surface area (Å²) in [5.74, 6) is -0.694. The Morgan fingerprint density at radius 1 is 1.00 bits per heavy atom. The highest BCUT2D eigenvalue weighted by Crippen LogP contribution is 2.35. The molecule has 4 aromatic rings. The van der Waals surface area contributed by atoms with E-state index < -0.39 is 28.0 Å². The van der Waals surface area contributed by atoms with Gasteiger partial charge in [0.05, 0.1) is 28.5 Å². The van der Waals surface area contributed by atoms with E-state index in [1.807, 2.05) is 0 Å². The number of hydrogen-bond donors (Lipinski definition) is 1. The second kappa shape index (κ2) is 11.4. The number of sulfonamides is 1. The highest BCUT2D eigenvalue weighted by molar-refractivity contribution is 7.89. The number of amides is 1. The molecule has 1 N–H and O–H groups in total. The van der Waals surface area contributed by atoms with Crippen LogP contribution in [0.25, 0.3) is 22.3 Å². The van der Waals surface area contributed by atoms with E-state index in [4.69, 9.17) is 37.1 Å². The van der Waals surface area contributed by atoms with Crippen molar-refractivity contribution in [1.29, 1.82) is 0 Å². The smallest absolute Gasteiger partial charge is 0.262 e. The van der Waals surface area contributed by atoms with Gasteiger partial charge in [0.15, 0.2) is 12.4 Å². The fraction of sp³-hybridized carbons (Fsp3) is 0.185. The molecule has 202 valence electrons. The molecule has 39 heavy (non-hydrogen) atoms. The van der Waals surface area contributed by atoms with Crippen molar-refractivity contribution in [3.05, 3.63) is 87.0 Å². The summed E-state index contributed by atoms with van der Waals surface area (Å²) in [5.41, 5.74) is 0.538. The molecular weight excluding hydrogens is 567 g/mol. The quantitative estimate of drug-likeness (QED) is 0.329. The lowest BCUT2D eigenvalue weighted by molar-refractivity contribution is -0.118. The second-order valence-electron chi connectivity index (χ2n) is 8.59. The number of halogens is 2. The molecule has 12 heteroatoms. The van der Waals surface area contributed by atoms with Crippen LogP contribution in [0, 0.1) is 0 Å². The molecule has 0 atom stereocenters. The van der Waals surface area contributed by atoms with E-state index in [0.29, 0.717) is 34.5 Å². The third-order valence-electron chi connectivity index (χ3n) is 6.02.